The van der Waals surface area contributed by atoms with Gasteiger partial charge in [-0.25, -0.2) is 4.98 Å². The van der Waals surface area contributed by atoms with E-state index < -0.39 is 0 Å². The molecule has 0 amide bonds. The summed E-state index contributed by atoms with van der Waals surface area (Å²) in [6.45, 7) is 4.00. The minimum atomic E-state index is 0.761. The van der Waals surface area contributed by atoms with Crippen LogP contribution in [0, 0.1) is 0 Å². The van der Waals surface area contributed by atoms with E-state index >= 15 is 0 Å². The van der Waals surface area contributed by atoms with Crippen LogP contribution in [0.4, 0.5) is 0 Å². The molecule has 0 aliphatic carbocycles. The summed E-state index contributed by atoms with van der Waals surface area (Å²) in [5, 5.41) is 12.1. The minimum Gasteiger partial charge on any atom is -0.278 e. The van der Waals surface area contributed by atoms with Crippen molar-refractivity contribution < 1.29 is 0 Å². The molecule has 4 aromatic heterocycles. The van der Waals surface area contributed by atoms with Crippen LogP contribution < -0.4 is 0 Å². The third kappa shape index (κ3) is 2.89. The molecule has 3 aromatic carbocycles. The number of hydrogen-bond acceptors (Lipinski definition) is 4. The fourth-order valence-electron chi connectivity index (χ4n) is 4.63. The lowest BCUT2D eigenvalue weighted by atomic mass is 10.1. The van der Waals surface area contributed by atoms with Crippen molar-refractivity contribution in [3.05, 3.63) is 97.3 Å². The molecule has 0 N–H and O–H groups in total. The summed E-state index contributed by atoms with van der Waals surface area (Å²) in [6, 6.07) is 28.7. The largest absolute Gasteiger partial charge is 0.278 e. The van der Waals surface area contributed by atoms with E-state index in [0.717, 1.165) is 55.5 Å². The Labute approximate surface area is 196 Å². The number of hydrogen-bond donors (Lipinski definition) is 0. The summed E-state index contributed by atoms with van der Waals surface area (Å²) in [4.78, 5) is 9.66. The van der Waals surface area contributed by atoms with Gasteiger partial charge in [0.1, 0.15) is 5.65 Å². The highest BCUT2D eigenvalue weighted by molar-refractivity contribution is 6.22. The van der Waals surface area contributed by atoms with Crippen molar-refractivity contribution in [3.63, 3.8) is 0 Å². The molecule has 164 valence electrons. The highest BCUT2D eigenvalue weighted by Crippen LogP contribution is 2.39. The van der Waals surface area contributed by atoms with Gasteiger partial charge in [-0.3, -0.25) is 14.1 Å². The van der Waals surface area contributed by atoms with E-state index in [1.54, 1.807) is 6.20 Å². The second-order valence-corrected chi connectivity index (χ2v) is 7.70. The van der Waals surface area contributed by atoms with Crippen LogP contribution in [-0.4, -0.2) is 29.3 Å². The first-order chi connectivity index (χ1) is 16.9. The fraction of sp³-hybridized carbons (Fsp3) is 0.0714. The van der Waals surface area contributed by atoms with E-state index in [1.807, 2.05) is 56.4 Å². The molecule has 4 heterocycles. The van der Waals surface area contributed by atoms with Gasteiger partial charge in [0.25, 0.3) is 0 Å². The molecule has 0 aliphatic heterocycles. The quantitative estimate of drug-likeness (QED) is 0.307. The standard InChI is InChI=1S/C26H16N6.C2H6/c1-5-12-21-17(8-1)25-18-9-2-6-13-22(18)32(26(25)31(21)23-14-7-15-28-30-23)24-16-27-19-10-3-4-11-20(19)29-24;1-2/h1-16H;1-2H3. The molecule has 6 nitrogen and oxygen atoms in total. The lowest BCUT2D eigenvalue weighted by molar-refractivity contribution is 0.930. The molecule has 0 saturated heterocycles. The van der Waals surface area contributed by atoms with Gasteiger partial charge in [-0.05, 0) is 36.4 Å². The van der Waals surface area contributed by atoms with Gasteiger partial charge in [0, 0.05) is 22.4 Å². The Morgan fingerprint density at radius 3 is 1.91 bits per heavy atom. The summed E-state index contributed by atoms with van der Waals surface area (Å²) in [6.07, 6.45) is 3.53. The Bertz CT molecular complexity index is 1780. The van der Waals surface area contributed by atoms with Gasteiger partial charge in [0.2, 0.25) is 0 Å². The molecule has 0 radical (unpaired) electrons. The molecule has 7 aromatic rings. The van der Waals surface area contributed by atoms with Crippen LogP contribution in [0.5, 0.6) is 0 Å². The van der Waals surface area contributed by atoms with Crippen LogP contribution in [-0.2, 0) is 0 Å². The number of benzene rings is 3. The molecule has 0 bridgehead atoms. The third-order valence-electron chi connectivity index (χ3n) is 5.93. The molecule has 0 fully saturated rings. The van der Waals surface area contributed by atoms with Gasteiger partial charge in [-0.1, -0.05) is 62.4 Å². The summed E-state index contributed by atoms with van der Waals surface area (Å²) < 4.78 is 4.34. The van der Waals surface area contributed by atoms with Gasteiger partial charge < -0.3 is 0 Å². The van der Waals surface area contributed by atoms with Crippen LogP contribution in [0.1, 0.15) is 13.8 Å². The maximum Gasteiger partial charge on any atom is 0.161 e. The zero-order valence-electron chi connectivity index (χ0n) is 18.9. The summed E-state index contributed by atoms with van der Waals surface area (Å²) >= 11 is 0. The van der Waals surface area contributed by atoms with Crippen molar-refractivity contribution in [2.75, 3.05) is 0 Å². The second kappa shape index (κ2) is 8.08. The Morgan fingerprint density at radius 1 is 0.618 bits per heavy atom. The molecule has 0 saturated carbocycles. The highest BCUT2D eigenvalue weighted by atomic mass is 15.2. The highest BCUT2D eigenvalue weighted by Gasteiger charge is 2.22. The van der Waals surface area contributed by atoms with Crippen LogP contribution in [0.3, 0.4) is 0 Å². The molecule has 0 unspecified atom stereocenters. The van der Waals surface area contributed by atoms with Crippen LogP contribution in [0.25, 0.3) is 55.5 Å². The van der Waals surface area contributed by atoms with Crippen molar-refractivity contribution in [2.45, 2.75) is 13.8 Å². The van der Waals surface area contributed by atoms with E-state index in [4.69, 9.17) is 4.98 Å². The topological polar surface area (TPSA) is 61.4 Å². The molecule has 0 spiro atoms. The first-order valence-corrected chi connectivity index (χ1v) is 11.4. The van der Waals surface area contributed by atoms with E-state index in [0.29, 0.717) is 0 Å². The normalized spacial score (nSPS) is 11.2. The third-order valence-corrected chi connectivity index (χ3v) is 5.93. The monoisotopic (exact) mass is 442 g/mol. The molecule has 6 heteroatoms. The van der Waals surface area contributed by atoms with Crippen LogP contribution in [0.2, 0.25) is 0 Å². The number of aromatic nitrogens is 6. The van der Waals surface area contributed by atoms with Crippen molar-refractivity contribution >= 4 is 43.9 Å². The van der Waals surface area contributed by atoms with Crippen molar-refractivity contribution in [1.29, 1.82) is 0 Å². The average Bonchev–Trinajstić information content (AvgIpc) is 3.43. The Kier molecular flexibility index (Phi) is 4.77. The van der Waals surface area contributed by atoms with Gasteiger partial charge in [-0.15, -0.1) is 5.10 Å². The summed E-state index contributed by atoms with van der Waals surface area (Å²) in [5.41, 5.74) is 4.88. The van der Waals surface area contributed by atoms with Crippen molar-refractivity contribution in [3.8, 4) is 11.6 Å². The SMILES string of the molecule is CC.c1cnnc(-n2c3ccccc3c3c4ccccc4n(-c4cnc5ccccc5n4)c32)c1. The molecule has 7 rings (SSSR count). The minimum absolute atomic E-state index is 0.761. The summed E-state index contributed by atoms with van der Waals surface area (Å²) in [5.74, 6) is 1.53. The van der Waals surface area contributed by atoms with Gasteiger partial charge >= 0.3 is 0 Å². The van der Waals surface area contributed by atoms with Gasteiger partial charge in [0.05, 0.1) is 28.3 Å². The fourth-order valence-corrected chi connectivity index (χ4v) is 4.63. The number of rotatable bonds is 2. The number of para-hydroxylation sites is 4. The number of fused-ring (bicyclic) bond motifs is 6. The van der Waals surface area contributed by atoms with Crippen LogP contribution in [0.15, 0.2) is 97.3 Å². The maximum atomic E-state index is 4.97. The second-order valence-electron chi connectivity index (χ2n) is 7.70. The van der Waals surface area contributed by atoms with E-state index in [2.05, 4.69) is 72.8 Å². The lowest BCUT2D eigenvalue weighted by Gasteiger charge is -2.11. The molecular weight excluding hydrogens is 420 g/mol. The predicted octanol–water partition coefficient (Wildman–Crippen LogP) is 6.49. The zero-order chi connectivity index (χ0) is 23.1. The maximum absolute atomic E-state index is 4.97. The van der Waals surface area contributed by atoms with Crippen LogP contribution >= 0.6 is 0 Å². The number of nitrogens with zero attached hydrogens (tertiary/aromatic N) is 6. The molecule has 0 atom stereocenters. The molecule has 0 aliphatic rings. The first kappa shape index (κ1) is 20.1. The van der Waals surface area contributed by atoms with Crippen molar-refractivity contribution in [1.82, 2.24) is 29.3 Å². The van der Waals surface area contributed by atoms with E-state index in [1.165, 1.54) is 0 Å². The molecular formula is C28H22N6. The Hall–Kier alpha value is -4.58. The smallest absolute Gasteiger partial charge is 0.161 e. The van der Waals surface area contributed by atoms with E-state index in [9.17, 15) is 0 Å². The lowest BCUT2D eigenvalue weighted by Crippen LogP contribution is -2.05. The Balaban J connectivity index is 0.00000106. The Morgan fingerprint density at radius 2 is 1.24 bits per heavy atom. The first-order valence-electron chi connectivity index (χ1n) is 11.4. The van der Waals surface area contributed by atoms with E-state index in [-0.39, 0.29) is 0 Å². The zero-order valence-corrected chi connectivity index (χ0v) is 18.9. The van der Waals surface area contributed by atoms with Crippen molar-refractivity contribution in [2.24, 2.45) is 0 Å². The average molecular weight is 443 g/mol. The van der Waals surface area contributed by atoms with Gasteiger partial charge in [0.15, 0.2) is 11.6 Å². The summed E-state index contributed by atoms with van der Waals surface area (Å²) in [7, 11) is 0. The predicted molar refractivity (Wildman–Crippen MR) is 138 cm³/mol. The van der Waals surface area contributed by atoms with Gasteiger partial charge in [-0.2, -0.15) is 5.10 Å². The molecule has 34 heavy (non-hydrogen) atoms.